The minimum absolute atomic E-state index is 0.884. The van der Waals surface area contributed by atoms with Gasteiger partial charge in [-0.05, 0) is 48.3 Å². The van der Waals surface area contributed by atoms with Gasteiger partial charge in [-0.2, -0.15) is 0 Å². The quantitative estimate of drug-likeness (QED) is 0.777. The number of benzene rings is 1. The van der Waals surface area contributed by atoms with Gasteiger partial charge in [0.25, 0.3) is 0 Å². The maximum absolute atomic E-state index is 5.33. The second kappa shape index (κ2) is 6.66. The molecule has 1 aromatic carbocycles. The first kappa shape index (κ1) is 15.2. The molecule has 3 heteroatoms. The molecule has 3 atom stereocenters. The third-order valence-corrected chi connectivity index (χ3v) is 5.91. The highest BCUT2D eigenvalue weighted by atomic mass is 16.5. The van der Waals surface area contributed by atoms with Crippen molar-refractivity contribution in [1.82, 2.24) is 9.80 Å². The van der Waals surface area contributed by atoms with Crippen LogP contribution >= 0.6 is 0 Å². The average molecular weight is 312 g/mol. The molecule has 2 fully saturated rings. The van der Waals surface area contributed by atoms with Gasteiger partial charge in [-0.15, -0.1) is 0 Å². The van der Waals surface area contributed by atoms with Gasteiger partial charge in [0.05, 0.1) is 7.11 Å². The summed E-state index contributed by atoms with van der Waals surface area (Å²) >= 11 is 0. The smallest absolute Gasteiger partial charge is 0.119 e. The standard InChI is InChI=1S/C20H28N2O/c1-23-20-4-2-3-17(13-20)14-21-7-9-22(10-8-21)15-19-12-16-5-6-18(19)11-16/h2-6,13,16,18-19H,7-12,14-15H2,1H3/t16-,18+,19+/m0/s1. The molecule has 1 aliphatic heterocycles. The van der Waals surface area contributed by atoms with Crippen molar-refractivity contribution in [3.63, 3.8) is 0 Å². The van der Waals surface area contributed by atoms with Crippen LogP contribution in [-0.2, 0) is 6.54 Å². The van der Waals surface area contributed by atoms with Gasteiger partial charge in [-0.3, -0.25) is 4.90 Å². The zero-order chi connectivity index (χ0) is 15.6. The van der Waals surface area contributed by atoms with Gasteiger partial charge in [-0.1, -0.05) is 24.3 Å². The van der Waals surface area contributed by atoms with Gasteiger partial charge in [0, 0.05) is 39.3 Å². The Morgan fingerprint density at radius 1 is 1.04 bits per heavy atom. The lowest BCUT2D eigenvalue weighted by molar-refractivity contribution is 0.108. The molecular weight excluding hydrogens is 284 g/mol. The van der Waals surface area contributed by atoms with E-state index < -0.39 is 0 Å². The third-order valence-electron chi connectivity index (χ3n) is 5.91. The Bertz CT molecular complexity index is 563. The van der Waals surface area contributed by atoms with Gasteiger partial charge in [0.15, 0.2) is 0 Å². The lowest BCUT2D eigenvalue weighted by atomic mass is 9.93. The van der Waals surface area contributed by atoms with E-state index in [4.69, 9.17) is 4.74 Å². The monoisotopic (exact) mass is 312 g/mol. The number of rotatable bonds is 5. The number of nitrogens with zero attached hydrogens (tertiary/aromatic N) is 2. The Hall–Kier alpha value is -1.32. The van der Waals surface area contributed by atoms with Gasteiger partial charge in [-0.25, -0.2) is 0 Å². The molecule has 3 nitrogen and oxygen atoms in total. The van der Waals surface area contributed by atoms with E-state index in [2.05, 4.69) is 40.2 Å². The Kier molecular flexibility index (Phi) is 4.41. The first-order chi connectivity index (χ1) is 11.3. The molecule has 0 amide bonds. The average Bonchev–Trinajstić information content (AvgIpc) is 3.20. The van der Waals surface area contributed by atoms with Crippen LogP contribution in [0.5, 0.6) is 5.75 Å². The van der Waals surface area contributed by atoms with Crippen LogP contribution in [0.15, 0.2) is 36.4 Å². The maximum atomic E-state index is 5.33. The van der Waals surface area contributed by atoms with E-state index in [-0.39, 0.29) is 0 Å². The highest BCUT2D eigenvalue weighted by Crippen LogP contribution is 2.43. The fraction of sp³-hybridized carbons (Fsp3) is 0.600. The summed E-state index contributed by atoms with van der Waals surface area (Å²) in [5, 5.41) is 0. The molecule has 0 unspecified atom stereocenters. The minimum atomic E-state index is 0.884. The van der Waals surface area contributed by atoms with Crippen molar-refractivity contribution in [3.8, 4) is 5.75 Å². The summed E-state index contributed by atoms with van der Waals surface area (Å²) in [6.07, 6.45) is 7.80. The fourth-order valence-electron chi connectivity index (χ4n) is 4.60. The number of hydrogen-bond acceptors (Lipinski definition) is 3. The molecule has 0 aromatic heterocycles. The summed E-state index contributed by atoms with van der Waals surface area (Å²) in [5.41, 5.74) is 1.36. The van der Waals surface area contributed by atoms with Crippen LogP contribution in [0.4, 0.5) is 0 Å². The number of allylic oxidation sites excluding steroid dienone is 2. The van der Waals surface area contributed by atoms with Crippen LogP contribution in [0.2, 0.25) is 0 Å². The predicted molar refractivity (Wildman–Crippen MR) is 93.6 cm³/mol. The summed E-state index contributed by atoms with van der Waals surface area (Å²) in [5.74, 6) is 3.68. The predicted octanol–water partition coefficient (Wildman–Crippen LogP) is 3.03. The summed E-state index contributed by atoms with van der Waals surface area (Å²) in [4.78, 5) is 5.27. The highest BCUT2D eigenvalue weighted by Gasteiger charge is 2.36. The SMILES string of the molecule is COc1cccc(CN2CCN(C[C@H]3C[C@H]4C=C[C@@H]3C4)CC2)c1. The van der Waals surface area contributed by atoms with Crippen molar-refractivity contribution in [2.75, 3.05) is 39.8 Å². The van der Waals surface area contributed by atoms with Crippen molar-refractivity contribution in [2.45, 2.75) is 19.4 Å². The zero-order valence-corrected chi connectivity index (χ0v) is 14.2. The van der Waals surface area contributed by atoms with E-state index in [0.717, 1.165) is 30.0 Å². The van der Waals surface area contributed by atoms with Crippen LogP contribution in [0.1, 0.15) is 18.4 Å². The second-order valence-electron chi connectivity index (χ2n) is 7.47. The molecule has 2 aliphatic carbocycles. The van der Waals surface area contributed by atoms with E-state index in [1.165, 1.54) is 51.1 Å². The van der Waals surface area contributed by atoms with Crippen molar-refractivity contribution in [1.29, 1.82) is 0 Å². The number of piperazine rings is 1. The van der Waals surface area contributed by atoms with Crippen molar-refractivity contribution < 1.29 is 4.74 Å². The first-order valence-electron chi connectivity index (χ1n) is 9.06. The minimum Gasteiger partial charge on any atom is -0.497 e. The topological polar surface area (TPSA) is 15.7 Å². The second-order valence-corrected chi connectivity index (χ2v) is 7.47. The van der Waals surface area contributed by atoms with Gasteiger partial charge < -0.3 is 9.64 Å². The Morgan fingerprint density at radius 3 is 2.57 bits per heavy atom. The normalized spacial score (nSPS) is 30.9. The lowest BCUT2D eigenvalue weighted by Gasteiger charge is -2.37. The van der Waals surface area contributed by atoms with Crippen LogP contribution in [0, 0.1) is 17.8 Å². The van der Waals surface area contributed by atoms with E-state index in [9.17, 15) is 0 Å². The van der Waals surface area contributed by atoms with Gasteiger partial charge in [0.1, 0.15) is 5.75 Å². The number of fused-ring (bicyclic) bond motifs is 2. The van der Waals surface area contributed by atoms with E-state index in [0.29, 0.717) is 0 Å². The van der Waals surface area contributed by atoms with E-state index in [1.807, 2.05) is 6.07 Å². The maximum Gasteiger partial charge on any atom is 0.119 e. The molecule has 23 heavy (non-hydrogen) atoms. The number of ether oxygens (including phenoxy) is 1. The molecule has 0 radical (unpaired) electrons. The summed E-state index contributed by atoms with van der Waals surface area (Å²) in [7, 11) is 1.74. The van der Waals surface area contributed by atoms with Crippen LogP contribution in [0.3, 0.4) is 0 Å². The Morgan fingerprint density at radius 2 is 1.87 bits per heavy atom. The molecule has 4 rings (SSSR count). The van der Waals surface area contributed by atoms with Crippen molar-refractivity contribution in [3.05, 3.63) is 42.0 Å². The highest BCUT2D eigenvalue weighted by molar-refractivity contribution is 5.28. The molecule has 1 aromatic rings. The van der Waals surface area contributed by atoms with Crippen molar-refractivity contribution in [2.24, 2.45) is 17.8 Å². The fourth-order valence-corrected chi connectivity index (χ4v) is 4.60. The van der Waals surface area contributed by atoms with Crippen LogP contribution < -0.4 is 4.74 Å². The molecule has 1 saturated heterocycles. The molecule has 124 valence electrons. The molecule has 0 spiro atoms. The third kappa shape index (κ3) is 3.46. The molecule has 1 saturated carbocycles. The van der Waals surface area contributed by atoms with E-state index in [1.54, 1.807) is 7.11 Å². The molecule has 2 bridgehead atoms. The largest absolute Gasteiger partial charge is 0.497 e. The number of hydrogen-bond donors (Lipinski definition) is 0. The molecular formula is C20H28N2O. The van der Waals surface area contributed by atoms with Crippen LogP contribution in [0.25, 0.3) is 0 Å². The Balaban J connectivity index is 1.25. The lowest BCUT2D eigenvalue weighted by Crippen LogP contribution is -2.47. The molecule has 0 N–H and O–H groups in total. The number of methoxy groups -OCH3 is 1. The van der Waals surface area contributed by atoms with E-state index >= 15 is 0 Å². The Labute approximate surface area is 139 Å². The van der Waals surface area contributed by atoms with Crippen molar-refractivity contribution >= 4 is 0 Å². The first-order valence-corrected chi connectivity index (χ1v) is 9.06. The van der Waals surface area contributed by atoms with Crippen LogP contribution in [-0.4, -0.2) is 49.6 Å². The molecule has 3 aliphatic rings. The van der Waals surface area contributed by atoms with Gasteiger partial charge in [0.2, 0.25) is 0 Å². The zero-order valence-electron chi connectivity index (χ0n) is 14.2. The molecule has 1 heterocycles. The summed E-state index contributed by atoms with van der Waals surface area (Å²) < 4.78 is 5.33. The summed E-state index contributed by atoms with van der Waals surface area (Å²) in [6, 6.07) is 8.47. The van der Waals surface area contributed by atoms with Gasteiger partial charge >= 0.3 is 0 Å². The summed E-state index contributed by atoms with van der Waals surface area (Å²) in [6.45, 7) is 7.19.